The number of aromatic nitrogens is 3. The van der Waals surface area contributed by atoms with Crippen molar-refractivity contribution in [3.8, 4) is 0 Å². The normalized spacial score (nSPS) is 15.2. The number of ketones is 1. The molecule has 1 unspecified atom stereocenters. The van der Waals surface area contributed by atoms with Gasteiger partial charge in [-0.3, -0.25) is 9.48 Å². The van der Waals surface area contributed by atoms with Gasteiger partial charge in [-0.25, -0.2) is 4.98 Å². The monoisotopic (exact) mass is 363 g/mol. The molecule has 0 spiro atoms. The van der Waals surface area contributed by atoms with E-state index in [4.69, 9.17) is 16.7 Å². The Kier molecular flexibility index (Phi) is 6.73. The van der Waals surface area contributed by atoms with Gasteiger partial charge in [0.05, 0.1) is 12.6 Å². The van der Waals surface area contributed by atoms with Crippen LogP contribution in [0.4, 0.5) is 0 Å². The number of halogens is 1. The van der Waals surface area contributed by atoms with Crippen LogP contribution >= 0.6 is 11.6 Å². The maximum absolute atomic E-state index is 12.2. The van der Waals surface area contributed by atoms with E-state index in [-0.39, 0.29) is 17.3 Å². The van der Waals surface area contributed by atoms with Crippen molar-refractivity contribution >= 4 is 17.4 Å². The summed E-state index contributed by atoms with van der Waals surface area (Å²) in [6.07, 6.45) is 5.88. The molecule has 1 aliphatic carbocycles. The number of hydrogen-bond donors (Lipinski definition) is 1. The molecule has 1 N–H and O–H groups in total. The van der Waals surface area contributed by atoms with Crippen LogP contribution < -0.4 is 0 Å². The van der Waals surface area contributed by atoms with Crippen molar-refractivity contribution in [2.45, 2.75) is 52.7 Å². The lowest BCUT2D eigenvalue weighted by Crippen LogP contribution is -2.26. The van der Waals surface area contributed by atoms with Crippen LogP contribution in [-0.2, 0) is 6.54 Å². The van der Waals surface area contributed by atoms with Gasteiger partial charge in [-0.2, -0.15) is 5.10 Å². The molecule has 3 rings (SSSR count). The predicted octanol–water partition coefficient (Wildman–Crippen LogP) is 4.01. The molecule has 0 bridgehead atoms. The van der Waals surface area contributed by atoms with E-state index in [1.807, 2.05) is 32.9 Å². The summed E-state index contributed by atoms with van der Waals surface area (Å²) in [5.41, 5.74) is 0.560. The Morgan fingerprint density at radius 3 is 2.48 bits per heavy atom. The molecule has 1 saturated carbocycles. The third kappa shape index (κ3) is 5.65. The third-order valence-electron chi connectivity index (χ3n) is 4.63. The van der Waals surface area contributed by atoms with Gasteiger partial charge in [0.2, 0.25) is 0 Å². The summed E-state index contributed by atoms with van der Waals surface area (Å²) >= 11 is 5.79. The van der Waals surface area contributed by atoms with Crippen molar-refractivity contribution in [2.75, 3.05) is 0 Å². The van der Waals surface area contributed by atoms with E-state index in [1.54, 1.807) is 23.1 Å². The van der Waals surface area contributed by atoms with E-state index in [1.165, 1.54) is 19.2 Å². The first-order valence-electron chi connectivity index (χ1n) is 8.65. The van der Waals surface area contributed by atoms with Crippen LogP contribution in [0.3, 0.4) is 0 Å². The molecule has 1 aliphatic rings. The minimum Gasteiger partial charge on any atom is -0.391 e. The minimum atomic E-state index is -0.304. The number of carbonyl (C=O) groups is 1. The molecular formula is C19H26ClN3O2. The lowest BCUT2D eigenvalue weighted by atomic mass is 9.80. The van der Waals surface area contributed by atoms with Crippen LogP contribution in [0.5, 0.6) is 0 Å². The Morgan fingerprint density at radius 2 is 2.00 bits per heavy atom. The first-order chi connectivity index (χ1) is 11.8. The van der Waals surface area contributed by atoms with Crippen LogP contribution in [0.2, 0.25) is 5.02 Å². The van der Waals surface area contributed by atoms with E-state index in [0.717, 1.165) is 12.0 Å². The van der Waals surface area contributed by atoms with Gasteiger partial charge in [0, 0.05) is 16.0 Å². The van der Waals surface area contributed by atoms with Crippen molar-refractivity contribution in [1.29, 1.82) is 0 Å². The fourth-order valence-corrected chi connectivity index (χ4v) is 2.76. The Bertz CT molecular complexity index is 664. The Balaban J connectivity index is 0.000000196. The molecule has 1 fully saturated rings. The molecule has 136 valence electrons. The average Bonchev–Trinajstić information content (AvgIpc) is 3.35. The van der Waals surface area contributed by atoms with E-state index < -0.39 is 0 Å². The van der Waals surface area contributed by atoms with E-state index in [0.29, 0.717) is 17.5 Å². The highest BCUT2D eigenvalue weighted by Gasteiger charge is 2.43. The van der Waals surface area contributed by atoms with Gasteiger partial charge in [0.15, 0.2) is 5.78 Å². The van der Waals surface area contributed by atoms with Crippen LogP contribution in [0, 0.1) is 11.3 Å². The maximum Gasteiger partial charge on any atom is 0.168 e. The number of rotatable bonds is 6. The SMILES string of the molecule is CC(C)(C(=O)c1ccc(Cl)cc1)C1CC1.CCC(O)Cn1cncn1. The molecule has 0 amide bonds. The van der Waals surface area contributed by atoms with Gasteiger partial charge in [-0.1, -0.05) is 32.4 Å². The van der Waals surface area contributed by atoms with Crippen molar-refractivity contribution in [3.05, 3.63) is 47.5 Å². The second-order valence-corrected chi connectivity index (χ2v) is 7.45. The molecular weight excluding hydrogens is 338 g/mol. The molecule has 1 aromatic heterocycles. The van der Waals surface area contributed by atoms with Crippen LogP contribution in [-0.4, -0.2) is 31.8 Å². The first-order valence-corrected chi connectivity index (χ1v) is 9.03. The third-order valence-corrected chi connectivity index (χ3v) is 4.88. The second kappa shape index (κ2) is 8.59. The molecule has 1 aromatic carbocycles. The lowest BCUT2D eigenvalue weighted by Gasteiger charge is -2.22. The quantitative estimate of drug-likeness (QED) is 0.787. The summed E-state index contributed by atoms with van der Waals surface area (Å²) in [5.74, 6) is 0.808. The molecule has 0 saturated heterocycles. The summed E-state index contributed by atoms with van der Waals surface area (Å²) in [6.45, 7) is 6.56. The summed E-state index contributed by atoms with van der Waals surface area (Å²) < 4.78 is 1.62. The van der Waals surface area contributed by atoms with E-state index in [9.17, 15) is 4.79 Å². The maximum atomic E-state index is 12.2. The van der Waals surface area contributed by atoms with Crippen LogP contribution in [0.15, 0.2) is 36.9 Å². The van der Waals surface area contributed by atoms with Crippen LogP contribution in [0.25, 0.3) is 0 Å². The number of nitrogens with zero attached hydrogens (tertiary/aromatic N) is 3. The molecule has 5 nitrogen and oxygen atoms in total. The molecule has 2 aromatic rings. The zero-order chi connectivity index (χ0) is 18.4. The van der Waals surface area contributed by atoms with Gasteiger partial charge in [-0.05, 0) is 49.4 Å². The number of benzene rings is 1. The molecule has 0 radical (unpaired) electrons. The summed E-state index contributed by atoms with van der Waals surface area (Å²) in [5, 5.41) is 13.7. The number of aliphatic hydroxyl groups is 1. The van der Waals surface area contributed by atoms with Crippen molar-refractivity contribution < 1.29 is 9.90 Å². The minimum absolute atomic E-state index is 0.214. The lowest BCUT2D eigenvalue weighted by molar-refractivity contribution is 0.0809. The Hall–Kier alpha value is -1.72. The topological polar surface area (TPSA) is 68.0 Å². The Morgan fingerprint density at radius 1 is 1.36 bits per heavy atom. The van der Waals surface area contributed by atoms with Crippen molar-refractivity contribution in [1.82, 2.24) is 14.8 Å². The highest BCUT2D eigenvalue weighted by atomic mass is 35.5. The van der Waals surface area contributed by atoms with Crippen LogP contribution in [0.1, 0.15) is 50.4 Å². The Labute approximate surface area is 154 Å². The number of hydrogen-bond acceptors (Lipinski definition) is 4. The van der Waals surface area contributed by atoms with Gasteiger partial charge in [0.25, 0.3) is 0 Å². The smallest absolute Gasteiger partial charge is 0.168 e. The highest BCUT2D eigenvalue weighted by molar-refractivity contribution is 6.30. The van der Waals surface area contributed by atoms with Gasteiger partial charge >= 0.3 is 0 Å². The average molecular weight is 364 g/mol. The number of carbonyl (C=O) groups excluding carboxylic acids is 1. The first kappa shape index (κ1) is 19.6. The van der Waals surface area contributed by atoms with Crippen molar-refractivity contribution in [2.24, 2.45) is 11.3 Å². The van der Waals surface area contributed by atoms with Crippen molar-refractivity contribution in [3.63, 3.8) is 0 Å². The molecule has 25 heavy (non-hydrogen) atoms. The summed E-state index contributed by atoms with van der Waals surface area (Å²) in [7, 11) is 0. The summed E-state index contributed by atoms with van der Waals surface area (Å²) in [6, 6.07) is 7.18. The number of Topliss-reactive ketones (excluding diaryl/α,β-unsaturated/α-hetero) is 1. The zero-order valence-electron chi connectivity index (χ0n) is 15.0. The fourth-order valence-electron chi connectivity index (χ4n) is 2.64. The largest absolute Gasteiger partial charge is 0.391 e. The predicted molar refractivity (Wildman–Crippen MR) is 98.6 cm³/mol. The van der Waals surface area contributed by atoms with E-state index >= 15 is 0 Å². The number of aliphatic hydroxyl groups excluding tert-OH is 1. The van der Waals surface area contributed by atoms with Gasteiger partial charge < -0.3 is 5.11 Å². The van der Waals surface area contributed by atoms with Gasteiger partial charge in [-0.15, -0.1) is 0 Å². The molecule has 1 heterocycles. The molecule has 0 aliphatic heterocycles. The highest BCUT2D eigenvalue weighted by Crippen LogP contribution is 2.46. The second-order valence-electron chi connectivity index (χ2n) is 7.01. The zero-order valence-corrected chi connectivity index (χ0v) is 15.8. The summed E-state index contributed by atoms with van der Waals surface area (Å²) in [4.78, 5) is 16.0. The van der Waals surface area contributed by atoms with Gasteiger partial charge in [0.1, 0.15) is 12.7 Å². The van der Waals surface area contributed by atoms with E-state index in [2.05, 4.69) is 10.1 Å². The standard InChI is InChI=1S/C13H15ClO.C6H11N3O/c1-13(2,10-5-6-10)12(15)9-3-7-11(14)8-4-9;1-2-6(10)3-9-5-7-4-8-9/h3-4,7-8,10H,5-6H2,1-2H3;4-6,10H,2-3H2,1H3. The molecule has 6 heteroatoms. The fraction of sp³-hybridized carbons (Fsp3) is 0.526. The molecule has 1 atom stereocenters.